The van der Waals surface area contributed by atoms with Crippen molar-refractivity contribution < 1.29 is 10.2 Å². The SMILES string of the molecule is CCCn1c(=O)n(CC(C)O)c(=O)c2[nH]c(C34CC5C[C@H](C[C@@H]3C5O)C4)nc21. The second kappa shape index (κ2) is 6.03. The van der Waals surface area contributed by atoms with Gasteiger partial charge in [0, 0.05) is 12.0 Å². The molecule has 6 rings (SSSR count). The smallest absolute Gasteiger partial charge is 0.332 e. The number of aromatic nitrogens is 4. The molecule has 4 bridgehead atoms. The minimum absolute atomic E-state index is 0.0394. The highest BCUT2D eigenvalue weighted by Crippen LogP contribution is 2.65. The molecule has 4 fully saturated rings. The lowest BCUT2D eigenvalue weighted by molar-refractivity contribution is 0.0522. The predicted octanol–water partition coefficient (Wildman–Crippen LogP) is 0.726. The molecule has 152 valence electrons. The fourth-order valence-corrected chi connectivity index (χ4v) is 6.40. The van der Waals surface area contributed by atoms with E-state index in [9.17, 15) is 19.8 Å². The van der Waals surface area contributed by atoms with E-state index in [1.165, 1.54) is 0 Å². The molecule has 0 aromatic carbocycles. The first kappa shape index (κ1) is 18.1. The number of H-pyrrole nitrogens is 1. The topological polar surface area (TPSA) is 113 Å². The molecule has 28 heavy (non-hydrogen) atoms. The Morgan fingerprint density at radius 1 is 1.29 bits per heavy atom. The Hall–Kier alpha value is -1.93. The highest BCUT2D eigenvalue weighted by atomic mass is 16.3. The molecule has 2 aromatic heterocycles. The maximum atomic E-state index is 13.0. The third-order valence-corrected chi connectivity index (χ3v) is 7.33. The lowest BCUT2D eigenvalue weighted by Crippen LogP contribution is -2.42. The van der Waals surface area contributed by atoms with Crippen LogP contribution in [0.15, 0.2) is 9.59 Å². The summed E-state index contributed by atoms with van der Waals surface area (Å²) in [4.78, 5) is 34.0. The molecule has 6 atom stereocenters. The summed E-state index contributed by atoms with van der Waals surface area (Å²) in [5, 5.41) is 20.4. The first-order valence-corrected chi connectivity index (χ1v) is 10.5. The molecular formula is C20H28N4O4. The third-order valence-electron chi connectivity index (χ3n) is 7.33. The molecule has 3 N–H and O–H groups in total. The molecule has 4 unspecified atom stereocenters. The Morgan fingerprint density at radius 2 is 2.07 bits per heavy atom. The van der Waals surface area contributed by atoms with Gasteiger partial charge in [-0.25, -0.2) is 9.78 Å². The van der Waals surface area contributed by atoms with E-state index in [4.69, 9.17) is 4.98 Å². The molecule has 8 nitrogen and oxygen atoms in total. The van der Waals surface area contributed by atoms with Gasteiger partial charge in [-0.2, -0.15) is 0 Å². The van der Waals surface area contributed by atoms with Crippen LogP contribution in [0, 0.1) is 17.8 Å². The lowest BCUT2D eigenvalue weighted by atomic mass is 9.75. The number of aromatic amines is 1. The number of aliphatic hydroxyl groups excluding tert-OH is 2. The zero-order chi connectivity index (χ0) is 19.8. The van der Waals surface area contributed by atoms with Gasteiger partial charge in [0.05, 0.1) is 18.8 Å². The van der Waals surface area contributed by atoms with Gasteiger partial charge in [0.2, 0.25) is 0 Å². The Morgan fingerprint density at radius 3 is 2.79 bits per heavy atom. The van der Waals surface area contributed by atoms with E-state index < -0.39 is 17.4 Å². The Bertz CT molecular complexity index is 1050. The summed E-state index contributed by atoms with van der Waals surface area (Å²) in [6.45, 7) is 3.96. The van der Waals surface area contributed by atoms with Gasteiger partial charge in [0.25, 0.3) is 5.56 Å². The quantitative estimate of drug-likeness (QED) is 0.699. The molecule has 0 amide bonds. The van der Waals surface area contributed by atoms with Gasteiger partial charge in [-0.3, -0.25) is 13.9 Å². The summed E-state index contributed by atoms with van der Waals surface area (Å²) in [6, 6.07) is 0. The molecule has 0 spiro atoms. The summed E-state index contributed by atoms with van der Waals surface area (Å²) in [5.74, 6) is 1.87. The average molecular weight is 388 g/mol. The molecule has 2 aromatic rings. The largest absolute Gasteiger partial charge is 0.393 e. The van der Waals surface area contributed by atoms with Crippen molar-refractivity contribution >= 4 is 11.2 Å². The summed E-state index contributed by atoms with van der Waals surface area (Å²) in [6.07, 6.45) is 3.64. The second-order valence-electron chi connectivity index (χ2n) is 9.24. The van der Waals surface area contributed by atoms with Crippen LogP contribution >= 0.6 is 0 Å². The van der Waals surface area contributed by atoms with Crippen LogP contribution < -0.4 is 11.2 Å². The zero-order valence-electron chi connectivity index (χ0n) is 16.4. The molecule has 0 radical (unpaired) electrons. The summed E-state index contributed by atoms with van der Waals surface area (Å²) < 4.78 is 2.65. The van der Waals surface area contributed by atoms with Crippen molar-refractivity contribution in [3.05, 3.63) is 26.7 Å². The van der Waals surface area contributed by atoms with Crippen LogP contribution in [-0.2, 0) is 18.5 Å². The van der Waals surface area contributed by atoms with Gasteiger partial charge in [0.15, 0.2) is 5.65 Å². The number of imidazole rings is 1. The number of aryl methyl sites for hydroxylation is 1. The van der Waals surface area contributed by atoms with Crippen molar-refractivity contribution in [2.75, 3.05) is 0 Å². The van der Waals surface area contributed by atoms with Crippen LogP contribution in [0.4, 0.5) is 0 Å². The minimum atomic E-state index is -0.796. The molecule has 4 saturated carbocycles. The number of nitrogens with one attached hydrogen (secondary N) is 1. The fourth-order valence-electron chi connectivity index (χ4n) is 6.40. The van der Waals surface area contributed by atoms with Crippen molar-refractivity contribution in [3.8, 4) is 0 Å². The van der Waals surface area contributed by atoms with E-state index in [-0.39, 0.29) is 24.0 Å². The van der Waals surface area contributed by atoms with E-state index >= 15 is 0 Å². The molecule has 4 aliphatic rings. The van der Waals surface area contributed by atoms with E-state index in [2.05, 4.69) is 4.98 Å². The Kier molecular flexibility index (Phi) is 3.90. The first-order chi connectivity index (χ1) is 13.4. The monoisotopic (exact) mass is 388 g/mol. The normalized spacial score (nSPS) is 34.6. The van der Waals surface area contributed by atoms with Gasteiger partial charge >= 0.3 is 5.69 Å². The highest BCUT2D eigenvalue weighted by Gasteiger charge is 2.64. The van der Waals surface area contributed by atoms with Crippen LogP contribution in [0.2, 0.25) is 0 Å². The number of aliphatic hydroxyl groups is 2. The van der Waals surface area contributed by atoms with Crippen molar-refractivity contribution in [2.45, 2.75) is 76.7 Å². The lowest BCUT2D eigenvalue weighted by Gasteiger charge is -2.30. The van der Waals surface area contributed by atoms with Crippen molar-refractivity contribution in [2.24, 2.45) is 17.8 Å². The predicted molar refractivity (Wildman–Crippen MR) is 103 cm³/mol. The molecular weight excluding hydrogens is 360 g/mol. The molecule has 8 heteroatoms. The van der Waals surface area contributed by atoms with Crippen LogP contribution in [0.25, 0.3) is 11.2 Å². The zero-order valence-corrected chi connectivity index (χ0v) is 16.4. The summed E-state index contributed by atoms with van der Waals surface area (Å²) in [7, 11) is 0. The van der Waals surface area contributed by atoms with Crippen LogP contribution in [0.1, 0.15) is 51.8 Å². The van der Waals surface area contributed by atoms with Crippen molar-refractivity contribution in [1.82, 2.24) is 19.1 Å². The van der Waals surface area contributed by atoms with Gasteiger partial charge in [-0.05, 0) is 56.8 Å². The van der Waals surface area contributed by atoms with E-state index in [1.54, 1.807) is 11.5 Å². The number of rotatable bonds is 5. The van der Waals surface area contributed by atoms with Crippen molar-refractivity contribution in [1.29, 1.82) is 0 Å². The minimum Gasteiger partial charge on any atom is -0.393 e. The van der Waals surface area contributed by atoms with Gasteiger partial charge in [-0.1, -0.05) is 6.92 Å². The molecule has 4 aliphatic carbocycles. The molecule has 2 heterocycles. The van der Waals surface area contributed by atoms with Crippen molar-refractivity contribution in [3.63, 3.8) is 0 Å². The summed E-state index contributed by atoms with van der Waals surface area (Å²) in [5.41, 5.74) is -0.321. The van der Waals surface area contributed by atoms with E-state index in [1.807, 2.05) is 6.92 Å². The highest BCUT2D eigenvalue weighted by molar-refractivity contribution is 5.70. The van der Waals surface area contributed by atoms with Gasteiger partial charge < -0.3 is 15.2 Å². The van der Waals surface area contributed by atoms with Crippen LogP contribution in [0.5, 0.6) is 0 Å². The fraction of sp³-hybridized carbons (Fsp3) is 0.750. The maximum absolute atomic E-state index is 13.0. The Labute approximate surface area is 162 Å². The van der Waals surface area contributed by atoms with Crippen LogP contribution in [0.3, 0.4) is 0 Å². The van der Waals surface area contributed by atoms with E-state index in [0.29, 0.717) is 29.5 Å². The first-order valence-electron chi connectivity index (χ1n) is 10.5. The third kappa shape index (κ3) is 2.27. The van der Waals surface area contributed by atoms with Crippen LogP contribution in [-0.4, -0.2) is 41.5 Å². The molecule has 0 aliphatic heterocycles. The number of fused-ring (bicyclic) bond motifs is 1. The molecule has 0 saturated heterocycles. The second-order valence-corrected chi connectivity index (χ2v) is 9.24. The maximum Gasteiger partial charge on any atom is 0.332 e. The van der Waals surface area contributed by atoms with Gasteiger partial charge in [0.1, 0.15) is 11.3 Å². The van der Waals surface area contributed by atoms with Gasteiger partial charge in [-0.15, -0.1) is 0 Å². The average Bonchev–Trinajstić information content (AvgIpc) is 3.26. The Balaban J connectivity index is 1.72. The number of hydrogen-bond acceptors (Lipinski definition) is 5. The number of hydrogen-bond donors (Lipinski definition) is 3. The standard InChI is InChI=1S/C20H28N4O4/c1-3-4-23-16-14(17(27)24(19(23)28)9-10(2)25)21-18(22-16)20-7-11-5-12(8-20)15(26)13(20)6-11/h10-13,15,25-26H,3-9H2,1-2H3,(H,21,22)/t10?,11-,12?,13-,15?,20?/m1/s1. The summed E-state index contributed by atoms with van der Waals surface area (Å²) >= 11 is 0. The number of nitrogens with zero attached hydrogens (tertiary/aromatic N) is 3. The van der Waals surface area contributed by atoms with E-state index in [0.717, 1.165) is 42.5 Å².